The summed E-state index contributed by atoms with van der Waals surface area (Å²) in [6.45, 7) is 1.99. The van der Waals surface area contributed by atoms with Crippen LogP contribution in [0.25, 0.3) is 39.6 Å². The van der Waals surface area contributed by atoms with Gasteiger partial charge >= 0.3 is 0 Å². The molecule has 184 valence electrons. The Labute approximate surface area is 223 Å². The number of fused-ring (bicyclic) bond motifs is 2. The van der Waals surface area contributed by atoms with Gasteiger partial charge in [-0.15, -0.1) is 11.3 Å². The molecule has 0 fully saturated rings. The Balaban J connectivity index is 1.48. The number of aromatic nitrogens is 3. The molecule has 0 saturated carbocycles. The molecule has 0 aliphatic rings. The Hall–Kier alpha value is -4.86. The average molecular weight is 514 g/mol. The molecule has 0 bridgehead atoms. The first-order chi connectivity index (χ1) is 18.6. The minimum atomic E-state index is -0.114. The molecule has 1 N–H and O–H groups in total. The number of nitrogens with zero attached hydrogens (tertiary/aromatic N) is 2. The number of hydrogen-bond donors (Lipinski definition) is 1. The second-order valence-electron chi connectivity index (χ2n) is 8.85. The minimum absolute atomic E-state index is 0.114. The predicted octanol–water partition coefficient (Wildman–Crippen LogP) is 6.82. The van der Waals surface area contributed by atoms with E-state index in [9.17, 15) is 4.79 Å². The van der Waals surface area contributed by atoms with Gasteiger partial charge in [0.05, 0.1) is 28.6 Å². The highest BCUT2D eigenvalue weighted by Crippen LogP contribution is 2.26. The molecule has 0 radical (unpaired) electrons. The van der Waals surface area contributed by atoms with Gasteiger partial charge in [-0.1, -0.05) is 30.0 Å². The highest BCUT2D eigenvalue weighted by atomic mass is 32.1. The Kier molecular flexibility index (Phi) is 6.12. The second-order valence-corrected chi connectivity index (χ2v) is 9.79. The number of thiophene rings is 1. The van der Waals surface area contributed by atoms with Crippen LogP contribution in [-0.4, -0.2) is 21.6 Å². The lowest BCUT2D eigenvalue weighted by atomic mass is 10.1. The summed E-state index contributed by atoms with van der Waals surface area (Å²) in [5.41, 5.74) is 5.13. The number of aryl methyl sites for hydroxylation is 1. The van der Waals surface area contributed by atoms with Crippen molar-refractivity contribution in [2.24, 2.45) is 0 Å². The van der Waals surface area contributed by atoms with Gasteiger partial charge in [-0.2, -0.15) is 0 Å². The summed E-state index contributed by atoms with van der Waals surface area (Å²) in [4.78, 5) is 22.9. The van der Waals surface area contributed by atoms with E-state index in [0.29, 0.717) is 16.7 Å². The van der Waals surface area contributed by atoms with Crippen LogP contribution >= 0.6 is 11.3 Å². The van der Waals surface area contributed by atoms with Crippen LogP contribution in [0, 0.1) is 18.8 Å². The van der Waals surface area contributed by atoms with E-state index in [1.807, 2.05) is 103 Å². The summed E-state index contributed by atoms with van der Waals surface area (Å²) in [5, 5.41) is 3.61. The third-order valence-electron chi connectivity index (χ3n) is 6.42. The number of hydrogen-bond acceptors (Lipinski definition) is 4. The van der Waals surface area contributed by atoms with E-state index in [4.69, 9.17) is 9.72 Å². The molecule has 3 aromatic carbocycles. The van der Waals surface area contributed by atoms with Gasteiger partial charge in [0, 0.05) is 28.2 Å². The number of H-pyrrole nitrogens is 1. The third-order valence-corrected chi connectivity index (χ3v) is 7.21. The topological polar surface area (TPSA) is 59.9 Å². The van der Waals surface area contributed by atoms with E-state index in [0.717, 1.165) is 43.9 Å². The smallest absolute Gasteiger partial charge is 0.266 e. The number of para-hydroxylation sites is 1. The van der Waals surface area contributed by atoms with E-state index in [-0.39, 0.29) is 5.56 Å². The quantitative estimate of drug-likeness (QED) is 0.263. The Morgan fingerprint density at radius 3 is 2.68 bits per heavy atom. The maximum Gasteiger partial charge on any atom is 0.266 e. The van der Waals surface area contributed by atoms with Crippen molar-refractivity contribution in [3.05, 3.63) is 122 Å². The Bertz CT molecular complexity index is 1950. The monoisotopic (exact) mass is 513 g/mol. The fraction of sp³-hybridized carbons (Fsp3) is 0.0625. The zero-order chi connectivity index (χ0) is 26.1. The Morgan fingerprint density at radius 1 is 0.974 bits per heavy atom. The van der Waals surface area contributed by atoms with Gasteiger partial charge in [0.1, 0.15) is 11.6 Å². The van der Waals surface area contributed by atoms with Crippen molar-refractivity contribution in [3.63, 3.8) is 0 Å². The first kappa shape index (κ1) is 23.5. The van der Waals surface area contributed by atoms with Crippen molar-refractivity contribution in [1.82, 2.24) is 14.5 Å². The molecule has 0 saturated heterocycles. The van der Waals surface area contributed by atoms with Crippen LogP contribution in [0.5, 0.6) is 5.75 Å². The molecule has 0 amide bonds. The maximum atomic E-state index is 13.8. The molecule has 0 atom stereocenters. The largest absolute Gasteiger partial charge is 0.497 e. The van der Waals surface area contributed by atoms with E-state index >= 15 is 0 Å². The molecule has 38 heavy (non-hydrogen) atoms. The van der Waals surface area contributed by atoms with Gasteiger partial charge in [0.2, 0.25) is 0 Å². The van der Waals surface area contributed by atoms with Crippen LogP contribution in [0.1, 0.15) is 27.4 Å². The van der Waals surface area contributed by atoms with Crippen molar-refractivity contribution in [2.45, 2.75) is 6.92 Å². The lowest BCUT2D eigenvalue weighted by Crippen LogP contribution is -2.23. The molecule has 3 heterocycles. The molecule has 6 heteroatoms. The summed E-state index contributed by atoms with van der Waals surface area (Å²) in [5.74, 6) is 7.75. The maximum absolute atomic E-state index is 13.8. The molecule has 3 aromatic heterocycles. The fourth-order valence-corrected chi connectivity index (χ4v) is 5.08. The van der Waals surface area contributed by atoms with Crippen LogP contribution in [0.4, 0.5) is 0 Å². The summed E-state index contributed by atoms with van der Waals surface area (Å²) >= 11 is 1.61. The van der Waals surface area contributed by atoms with Crippen LogP contribution in [0.3, 0.4) is 0 Å². The van der Waals surface area contributed by atoms with E-state index in [2.05, 4.69) is 16.8 Å². The van der Waals surface area contributed by atoms with Crippen molar-refractivity contribution in [1.29, 1.82) is 0 Å². The molecule has 0 spiro atoms. The first-order valence-corrected chi connectivity index (χ1v) is 13.0. The SMILES string of the molecule is COc1ccc2[nH]cc(/C=C/c3nc4ccccc4c(=O)n3-c3ccc(C#Cc4cccs4)cc3C)c2c1. The van der Waals surface area contributed by atoms with Crippen LogP contribution in [0.2, 0.25) is 0 Å². The van der Waals surface area contributed by atoms with Crippen molar-refractivity contribution in [3.8, 4) is 23.3 Å². The summed E-state index contributed by atoms with van der Waals surface area (Å²) in [6.07, 6.45) is 5.80. The summed E-state index contributed by atoms with van der Waals surface area (Å²) in [6, 6.07) is 23.2. The highest BCUT2D eigenvalue weighted by molar-refractivity contribution is 7.10. The highest BCUT2D eigenvalue weighted by Gasteiger charge is 2.13. The van der Waals surface area contributed by atoms with Crippen LogP contribution < -0.4 is 10.3 Å². The lowest BCUT2D eigenvalue weighted by Gasteiger charge is -2.14. The minimum Gasteiger partial charge on any atom is -0.497 e. The zero-order valence-electron chi connectivity index (χ0n) is 20.9. The van der Waals surface area contributed by atoms with Gasteiger partial charge in [-0.3, -0.25) is 9.36 Å². The van der Waals surface area contributed by atoms with Gasteiger partial charge < -0.3 is 9.72 Å². The second kappa shape index (κ2) is 9.89. The van der Waals surface area contributed by atoms with Crippen LogP contribution in [-0.2, 0) is 0 Å². The van der Waals surface area contributed by atoms with Crippen molar-refractivity contribution in [2.75, 3.05) is 7.11 Å². The normalized spacial score (nSPS) is 11.2. The van der Waals surface area contributed by atoms with Crippen molar-refractivity contribution >= 4 is 45.3 Å². The number of ether oxygens (including phenoxy) is 1. The molecular weight excluding hydrogens is 490 g/mol. The standard InChI is InChI=1S/C32H23N3O2S/c1-21-18-22(9-13-25-6-5-17-38-25)10-15-30(21)35-31(34-29-8-4-3-7-26(29)32(35)36)16-11-23-20-33-28-14-12-24(37-2)19-27(23)28/h3-8,10-12,14-20,33H,1-2H3/b16-11+. The molecule has 0 aliphatic heterocycles. The first-order valence-electron chi connectivity index (χ1n) is 12.1. The van der Waals surface area contributed by atoms with Crippen molar-refractivity contribution < 1.29 is 4.74 Å². The molecule has 5 nitrogen and oxygen atoms in total. The summed E-state index contributed by atoms with van der Waals surface area (Å²) in [7, 11) is 1.66. The van der Waals surface area contributed by atoms with E-state index in [1.54, 1.807) is 23.0 Å². The van der Waals surface area contributed by atoms with Crippen LogP contribution in [0.15, 0.2) is 89.2 Å². The van der Waals surface area contributed by atoms with E-state index < -0.39 is 0 Å². The predicted molar refractivity (Wildman–Crippen MR) is 156 cm³/mol. The third kappa shape index (κ3) is 4.40. The van der Waals surface area contributed by atoms with Gasteiger partial charge in [0.15, 0.2) is 0 Å². The molecule has 6 aromatic rings. The number of rotatable bonds is 4. The van der Waals surface area contributed by atoms with Gasteiger partial charge in [-0.05, 0) is 84.6 Å². The average Bonchev–Trinajstić information content (AvgIpc) is 3.61. The fourth-order valence-electron chi connectivity index (χ4n) is 4.51. The number of nitrogens with one attached hydrogen (secondary N) is 1. The Morgan fingerprint density at radius 2 is 1.87 bits per heavy atom. The number of methoxy groups -OCH3 is 1. The van der Waals surface area contributed by atoms with E-state index in [1.165, 1.54) is 0 Å². The zero-order valence-corrected chi connectivity index (χ0v) is 21.7. The molecule has 0 unspecified atom stereocenters. The van der Waals surface area contributed by atoms with Gasteiger partial charge in [-0.25, -0.2) is 4.98 Å². The van der Waals surface area contributed by atoms with Gasteiger partial charge in [0.25, 0.3) is 5.56 Å². The molecule has 0 aliphatic carbocycles. The molecule has 6 rings (SSSR count). The number of benzene rings is 3. The lowest BCUT2D eigenvalue weighted by molar-refractivity contribution is 0.415. The molecular formula is C32H23N3O2S. The summed E-state index contributed by atoms with van der Waals surface area (Å²) < 4.78 is 7.09. The number of aromatic amines is 1.